The lowest BCUT2D eigenvalue weighted by Crippen LogP contribution is -2.20. The Morgan fingerprint density at radius 1 is 1.05 bits per heavy atom. The van der Waals surface area contributed by atoms with Crippen molar-refractivity contribution in [3.05, 3.63) is 41.7 Å². The Balaban J connectivity index is 1.63. The molecule has 0 bridgehead atoms. The first-order valence-electron chi connectivity index (χ1n) is 8.30. The lowest BCUT2D eigenvalue weighted by molar-refractivity contribution is 0.428. The summed E-state index contributed by atoms with van der Waals surface area (Å²) in [5.74, 6) is 0.525. The zero-order chi connectivity index (χ0) is 15.2. The Hall–Kier alpha value is -1.97. The van der Waals surface area contributed by atoms with Crippen LogP contribution < -0.4 is 5.32 Å². The van der Waals surface area contributed by atoms with Gasteiger partial charge in [0.2, 0.25) is 0 Å². The van der Waals surface area contributed by atoms with Gasteiger partial charge in [-0.25, -0.2) is 0 Å². The number of nitrogens with zero attached hydrogens (tertiary/aromatic N) is 1. The van der Waals surface area contributed by atoms with Gasteiger partial charge in [-0.05, 0) is 18.4 Å². The monoisotopic (exact) mass is 300 g/mol. The van der Waals surface area contributed by atoms with Crippen LogP contribution in [0.3, 0.4) is 0 Å². The van der Waals surface area contributed by atoms with Crippen LogP contribution in [0.5, 0.6) is 5.88 Å². The van der Waals surface area contributed by atoms with Crippen molar-refractivity contribution < 1.29 is 9.52 Å². The molecule has 0 unspecified atom stereocenters. The smallest absolute Gasteiger partial charge is 0.298 e. The van der Waals surface area contributed by atoms with Crippen molar-refractivity contribution in [2.45, 2.75) is 57.4 Å². The predicted molar refractivity (Wildman–Crippen MR) is 87.1 cm³/mol. The van der Waals surface area contributed by atoms with Gasteiger partial charge in [-0.2, -0.15) is 4.98 Å². The standard InChI is InChI=1S/C18H24N2O2/c21-17-16(13-14-9-5-4-6-10-14)22-18(20-17)19-15-11-7-2-1-3-8-12-15/h4-6,9-10,15,21H,1-3,7-8,11-13H2,(H,19,20). The van der Waals surface area contributed by atoms with E-state index >= 15 is 0 Å². The van der Waals surface area contributed by atoms with E-state index in [4.69, 9.17) is 4.42 Å². The molecule has 0 amide bonds. The van der Waals surface area contributed by atoms with E-state index in [0.717, 1.165) is 18.4 Å². The molecule has 118 valence electrons. The molecule has 3 rings (SSSR count). The zero-order valence-corrected chi connectivity index (χ0v) is 12.9. The van der Waals surface area contributed by atoms with E-state index in [-0.39, 0.29) is 5.88 Å². The third kappa shape index (κ3) is 4.03. The van der Waals surface area contributed by atoms with E-state index < -0.39 is 0 Å². The molecule has 1 fully saturated rings. The summed E-state index contributed by atoms with van der Waals surface area (Å²) in [5, 5.41) is 13.3. The highest BCUT2D eigenvalue weighted by Gasteiger charge is 2.17. The van der Waals surface area contributed by atoms with Gasteiger partial charge < -0.3 is 14.8 Å². The van der Waals surface area contributed by atoms with Gasteiger partial charge in [0.05, 0.1) is 0 Å². The van der Waals surface area contributed by atoms with E-state index in [2.05, 4.69) is 10.3 Å². The fourth-order valence-corrected chi connectivity index (χ4v) is 3.08. The summed E-state index contributed by atoms with van der Waals surface area (Å²) in [6.45, 7) is 0. The first-order valence-corrected chi connectivity index (χ1v) is 8.30. The van der Waals surface area contributed by atoms with Gasteiger partial charge in [-0.3, -0.25) is 0 Å². The number of hydrogen-bond acceptors (Lipinski definition) is 4. The molecule has 1 aliphatic carbocycles. The topological polar surface area (TPSA) is 58.3 Å². The minimum atomic E-state index is -0.00260. The molecule has 0 spiro atoms. The largest absolute Gasteiger partial charge is 0.491 e. The van der Waals surface area contributed by atoms with Crippen molar-refractivity contribution in [2.24, 2.45) is 0 Å². The van der Waals surface area contributed by atoms with E-state index in [9.17, 15) is 5.11 Å². The molecule has 4 nitrogen and oxygen atoms in total. The number of anilines is 1. The Bertz CT molecular complexity index is 572. The molecule has 22 heavy (non-hydrogen) atoms. The first kappa shape index (κ1) is 14.9. The van der Waals surface area contributed by atoms with Gasteiger partial charge in [0.1, 0.15) is 0 Å². The number of aromatic hydroxyl groups is 1. The highest BCUT2D eigenvalue weighted by atomic mass is 16.4. The second-order valence-electron chi connectivity index (χ2n) is 6.11. The molecule has 1 aromatic heterocycles. The summed E-state index contributed by atoms with van der Waals surface area (Å²) in [4.78, 5) is 4.13. The van der Waals surface area contributed by atoms with Crippen molar-refractivity contribution in [3.8, 4) is 5.88 Å². The molecule has 2 N–H and O–H groups in total. The molecule has 4 heteroatoms. The summed E-state index contributed by atoms with van der Waals surface area (Å²) < 4.78 is 5.72. The SMILES string of the molecule is Oc1nc(NC2CCCCCCC2)oc1Cc1ccccc1. The van der Waals surface area contributed by atoms with Crippen molar-refractivity contribution in [1.29, 1.82) is 0 Å². The average molecular weight is 300 g/mol. The Labute approximate surface area is 131 Å². The summed E-state index contributed by atoms with van der Waals surface area (Å²) >= 11 is 0. The molecule has 1 aliphatic rings. The maximum atomic E-state index is 9.98. The Kier molecular flexibility index (Phi) is 4.99. The summed E-state index contributed by atoms with van der Waals surface area (Å²) in [6.07, 6.45) is 9.35. The van der Waals surface area contributed by atoms with Gasteiger partial charge in [-0.1, -0.05) is 62.4 Å². The third-order valence-corrected chi connectivity index (χ3v) is 4.32. The normalized spacial score (nSPS) is 16.9. The molecule has 0 atom stereocenters. The molecular formula is C18H24N2O2. The quantitative estimate of drug-likeness (QED) is 0.873. The van der Waals surface area contributed by atoms with E-state index in [1.54, 1.807) is 0 Å². The maximum Gasteiger partial charge on any atom is 0.298 e. The lowest BCUT2D eigenvalue weighted by Gasteiger charge is -2.19. The lowest BCUT2D eigenvalue weighted by atomic mass is 9.97. The van der Waals surface area contributed by atoms with Gasteiger partial charge >= 0.3 is 0 Å². The van der Waals surface area contributed by atoms with Crippen molar-refractivity contribution in [3.63, 3.8) is 0 Å². The number of aromatic nitrogens is 1. The van der Waals surface area contributed by atoms with Gasteiger partial charge in [0, 0.05) is 12.5 Å². The molecule has 0 saturated heterocycles. The summed E-state index contributed by atoms with van der Waals surface area (Å²) in [6, 6.07) is 10.8. The Morgan fingerprint density at radius 3 is 2.45 bits per heavy atom. The average Bonchev–Trinajstić information content (AvgIpc) is 2.83. The van der Waals surface area contributed by atoms with Gasteiger partial charge in [-0.15, -0.1) is 0 Å². The third-order valence-electron chi connectivity index (χ3n) is 4.32. The van der Waals surface area contributed by atoms with Gasteiger partial charge in [0.25, 0.3) is 11.9 Å². The van der Waals surface area contributed by atoms with Crippen LogP contribution in [0.1, 0.15) is 56.3 Å². The number of benzene rings is 1. The number of oxazole rings is 1. The van der Waals surface area contributed by atoms with Crippen LogP contribution in [0, 0.1) is 0 Å². The van der Waals surface area contributed by atoms with Crippen molar-refractivity contribution >= 4 is 6.01 Å². The van der Waals surface area contributed by atoms with Crippen molar-refractivity contribution in [1.82, 2.24) is 4.98 Å². The van der Waals surface area contributed by atoms with Crippen LogP contribution in [0.2, 0.25) is 0 Å². The Morgan fingerprint density at radius 2 is 1.73 bits per heavy atom. The summed E-state index contributed by atoms with van der Waals surface area (Å²) in [5.41, 5.74) is 1.10. The maximum absolute atomic E-state index is 9.98. The van der Waals surface area contributed by atoms with E-state index in [1.165, 1.54) is 32.1 Å². The van der Waals surface area contributed by atoms with Crippen molar-refractivity contribution in [2.75, 3.05) is 5.32 Å². The predicted octanol–water partition coefficient (Wildman–Crippen LogP) is 4.50. The highest BCUT2D eigenvalue weighted by molar-refractivity contribution is 5.33. The van der Waals surface area contributed by atoms with E-state index in [0.29, 0.717) is 24.2 Å². The number of hydrogen-bond donors (Lipinski definition) is 2. The minimum Gasteiger partial charge on any atom is -0.491 e. The first-order chi connectivity index (χ1) is 10.8. The highest BCUT2D eigenvalue weighted by Crippen LogP contribution is 2.26. The second-order valence-corrected chi connectivity index (χ2v) is 6.11. The van der Waals surface area contributed by atoms with Crippen LogP contribution in [-0.2, 0) is 6.42 Å². The van der Waals surface area contributed by atoms with Crippen LogP contribution in [0.4, 0.5) is 6.01 Å². The number of nitrogens with one attached hydrogen (secondary N) is 1. The molecule has 2 aromatic rings. The fraction of sp³-hybridized carbons (Fsp3) is 0.500. The molecule has 1 aromatic carbocycles. The molecule has 0 radical (unpaired) electrons. The van der Waals surface area contributed by atoms with Crippen LogP contribution in [0.15, 0.2) is 34.7 Å². The zero-order valence-electron chi connectivity index (χ0n) is 12.9. The molecule has 1 heterocycles. The molecule has 0 aliphatic heterocycles. The van der Waals surface area contributed by atoms with Crippen LogP contribution >= 0.6 is 0 Å². The minimum absolute atomic E-state index is 0.00260. The van der Waals surface area contributed by atoms with E-state index in [1.807, 2.05) is 30.3 Å². The second kappa shape index (κ2) is 7.34. The summed E-state index contributed by atoms with van der Waals surface area (Å²) in [7, 11) is 0. The molecular weight excluding hydrogens is 276 g/mol. The number of rotatable bonds is 4. The molecule has 1 saturated carbocycles. The van der Waals surface area contributed by atoms with Crippen LogP contribution in [0.25, 0.3) is 0 Å². The fourth-order valence-electron chi connectivity index (χ4n) is 3.08. The van der Waals surface area contributed by atoms with Gasteiger partial charge in [0.15, 0.2) is 5.76 Å². The van der Waals surface area contributed by atoms with Crippen LogP contribution in [-0.4, -0.2) is 16.1 Å².